The number of aromatic nitrogens is 1. The van der Waals surface area contributed by atoms with Crippen molar-refractivity contribution in [3.63, 3.8) is 0 Å². The van der Waals surface area contributed by atoms with Crippen LogP contribution in [0.4, 0.5) is 0 Å². The summed E-state index contributed by atoms with van der Waals surface area (Å²) in [5.74, 6) is 0.221. The number of nitrogens with two attached hydrogens (primary N) is 2. The molecule has 5 heteroatoms. The molecule has 1 heterocycles. The number of hydrogen-bond donors (Lipinski definition) is 2. The van der Waals surface area contributed by atoms with E-state index in [9.17, 15) is 4.79 Å². The van der Waals surface area contributed by atoms with E-state index in [1.54, 1.807) is 42.6 Å². The number of hydrogen-bond acceptors (Lipinski definition) is 4. The van der Waals surface area contributed by atoms with Crippen LogP contribution in [0, 0.1) is 0 Å². The Hall–Kier alpha value is -2.40. The number of pyridine rings is 1. The molecule has 1 aromatic heterocycles. The van der Waals surface area contributed by atoms with Crippen molar-refractivity contribution in [2.24, 2.45) is 11.5 Å². The Balaban J connectivity index is 2.31. The van der Waals surface area contributed by atoms with E-state index in [1.807, 2.05) is 0 Å². The summed E-state index contributed by atoms with van der Waals surface area (Å²) in [7, 11) is 0. The van der Waals surface area contributed by atoms with Crippen molar-refractivity contribution in [2.75, 3.05) is 0 Å². The van der Waals surface area contributed by atoms with E-state index in [0.717, 1.165) is 5.56 Å². The summed E-state index contributed by atoms with van der Waals surface area (Å²) >= 11 is 0. The first-order chi connectivity index (χ1) is 8.70. The summed E-state index contributed by atoms with van der Waals surface area (Å²) in [6, 6.07) is 10.3. The number of benzene rings is 1. The Morgan fingerprint density at radius 3 is 2.78 bits per heavy atom. The van der Waals surface area contributed by atoms with Gasteiger partial charge < -0.3 is 16.2 Å². The van der Waals surface area contributed by atoms with Crippen LogP contribution in [-0.2, 0) is 6.54 Å². The lowest BCUT2D eigenvalue weighted by molar-refractivity contribution is 0.0998. The third-order valence-electron chi connectivity index (χ3n) is 2.40. The van der Waals surface area contributed by atoms with Crippen LogP contribution in [-0.4, -0.2) is 10.9 Å². The predicted octanol–water partition coefficient (Wildman–Crippen LogP) is 1.43. The van der Waals surface area contributed by atoms with Crippen molar-refractivity contribution in [3.8, 4) is 11.6 Å². The van der Waals surface area contributed by atoms with Gasteiger partial charge in [0.15, 0.2) is 0 Å². The fourth-order valence-corrected chi connectivity index (χ4v) is 1.51. The van der Waals surface area contributed by atoms with E-state index in [-0.39, 0.29) is 0 Å². The molecule has 4 N–H and O–H groups in total. The van der Waals surface area contributed by atoms with Crippen LogP contribution in [0.5, 0.6) is 11.6 Å². The number of amides is 1. The Morgan fingerprint density at radius 2 is 2.06 bits per heavy atom. The maximum atomic E-state index is 11.2. The number of rotatable bonds is 4. The van der Waals surface area contributed by atoms with Crippen LogP contribution in [0.3, 0.4) is 0 Å². The van der Waals surface area contributed by atoms with Gasteiger partial charge in [0.05, 0.1) is 5.56 Å². The average molecular weight is 243 g/mol. The van der Waals surface area contributed by atoms with Gasteiger partial charge in [-0.15, -0.1) is 0 Å². The molecular formula is C13H13N3O2. The van der Waals surface area contributed by atoms with Gasteiger partial charge in [-0.05, 0) is 23.8 Å². The van der Waals surface area contributed by atoms with Gasteiger partial charge in [-0.2, -0.15) is 0 Å². The molecule has 2 aromatic rings. The molecule has 0 radical (unpaired) electrons. The summed E-state index contributed by atoms with van der Waals surface area (Å²) in [6.45, 7) is 0.399. The minimum absolute atomic E-state index is 0.317. The maximum absolute atomic E-state index is 11.2. The smallest absolute Gasteiger partial charge is 0.252 e. The second-order valence-corrected chi connectivity index (χ2v) is 3.67. The van der Waals surface area contributed by atoms with Crippen molar-refractivity contribution in [2.45, 2.75) is 6.54 Å². The van der Waals surface area contributed by atoms with Gasteiger partial charge in [0.2, 0.25) is 5.88 Å². The van der Waals surface area contributed by atoms with E-state index >= 15 is 0 Å². The Morgan fingerprint density at radius 1 is 1.28 bits per heavy atom. The summed E-state index contributed by atoms with van der Waals surface area (Å²) in [5.41, 5.74) is 12.0. The first-order valence-electron chi connectivity index (χ1n) is 5.42. The molecule has 92 valence electrons. The summed E-state index contributed by atoms with van der Waals surface area (Å²) in [5, 5.41) is 0. The van der Waals surface area contributed by atoms with Gasteiger partial charge in [-0.25, -0.2) is 4.98 Å². The monoisotopic (exact) mass is 243 g/mol. The molecule has 0 saturated carbocycles. The maximum Gasteiger partial charge on any atom is 0.252 e. The van der Waals surface area contributed by atoms with Crippen LogP contribution >= 0.6 is 0 Å². The highest BCUT2D eigenvalue weighted by Crippen LogP contribution is 2.23. The molecule has 0 saturated heterocycles. The lowest BCUT2D eigenvalue weighted by atomic mass is 10.2. The fraction of sp³-hybridized carbons (Fsp3) is 0.0769. The highest BCUT2D eigenvalue weighted by molar-refractivity contribution is 5.95. The number of carbonyl (C=O) groups excluding carboxylic acids is 1. The molecule has 0 fully saturated rings. The number of ether oxygens (including phenoxy) is 1. The first kappa shape index (κ1) is 12.1. The molecule has 1 amide bonds. The van der Waals surface area contributed by atoms with Gasteiger partial charge >= 0.3 is 0 Å². The van der Waals surface area contributed by atoms with Crippen molar-refractivity contribution in [1.82, 2.24) is 4.98 Å². The Bertz CT molecular complexity index is 570. The van der Waals surface area contributed by atoms with Crippen LogP contribution in [0.15, 0.2) is 42.6 Å². The van der Waals surface area contributed by atoms with Crippen LogP contribution in [0.25, 0.3) is 0 Å². The van der Waals surface area contributed by atoms with E-state index in [1.165, 1.54) is 0 Å². The van der Waals surface area contributed by atoms with Gasteiger partial charge in [0, 0.05) is 18.8 Å². The molecule has 0 aliphatic carbocycles. The number of para-hydroxylation sites is 1. The van der Waals surface area contributed by atoms with E-state index in [2.05, 4.69) is 4.98 Å². The zero-order valence-corrected chi connectivity index (χ0v) is 9.67. The molecule has 5 nitrogen and oxygen atoms in total. The largest absolute Gasteiger partial charge is 0.438 e. The molecule has 0 aliphatic rings. The van der Waals surface area contributed by atoms with Gasteiger partial charge in [0.1, 0.15) is 5.75 Å². The zero-order chi connectivity index (χ0) is 13.0. The summed E-state index contributed by atoms with van der Waals surface area (Å²) in [6.07, 6.45) is 1.60. The van der Waals surface area contributed by atoms with Crippen molar-refractivity contribution in [1.29, 1.82) is 0 Å². The number of nitrogens with zero attached hydrogens (tertiary/aromatic N) is 1. The molecule has 1 aromatic carbocycles. The summed E-state index contributed by atoms with van der Waals surface area (Å²) in [4.78, 5) is 15.3. The van der Waals surface area contributed by atoms with Gasteiger partial charge in [-0.1, -0.05) is 12.1 Å². The topological polar surface area (TPSA) is 91.2 Å². The Kier molecular flexibility index (Phi) is 3.54. The minimum Gasteiger partial charge on any atom is -0.438 e. The average Bonchev–Trinajstić information content (AvgIpc) is 2.39. The fourth-order valence-electron chi connectivity index (χ4n) is 1.51. The van der Waals surface area contributed by atoms with Crippen molar-refractivity contribution < 1.29 is 9.53 Å². The van der Waals surface area contributed by atoms with Crippen molar-refractivity contribution in [3.05, 3.63) is 53.7 Å². The van der Waals surface area contributed by atoms with E-state index in [4.69, 9.17) is 16.2 Å². The van der Waals surface area contributed by atoms with Gasteiger partial charge in [-0.3, -0.25) is 4.79 Å². The van der Waals surface area contributed by atoms with Crippen LogP contribution < -0.4 is 16.2 Å². The van der Waals surface area contributed by atoms with E-state index in [0.29, 0.717) is 23.7 Å². The first-order valence-corrected chi connectivity index (χ1v) is 5.42. The van der Waals surface area contributed by atoms with E-state index < -0.39 is 5.91 Å². The normalized spacial score (nSPS) is 10.1. The zero-order valence-electron chi connectivity index (χ0n) is 9.67. The summed E-state index contributed by atoms with van der Waals surface area (Å²) < 4.78 is 5.55. The Labute approximate surface area is 104 Å². The lowest BCUT2D eigenvalue weighted by Gasteiger charge is -2.08. The molecule has 0 unspecified atom stereocenters. The highest BCUT2D eigenvalue weighted by Gasteiger charge is 2.09. The lowest BCUT2D eigenvalue weighted by Crippen LogP contribution is -2.12. The number of primary amides is 1. The SMILES string of the molecule is NCc1ccnc(Oc2ccccc2C(N)=O)c1. The third-order valence-corrected chi connectivity index (χ3v) is 2.40. The third kappa shape index (κ3) is 2.64. The van der Waals surface area contributed by atoms with Crippen molar-refractivity contribution >= 4 is 5.91 Å². The molecule has 0 atom stereocenters. The minimum atomic E-state index is -0.541. The number of carbonyl (C=O) groups is 1. The second kappa shape index (κ2) is 5.29. The van der Waals surface area contributed by atoms with Crippen LogP contribution in [0.2, 0.25) is 0 Å². The standard InChI is InChI=1S/C13H13N3O2/c14-8-9-5-6-16-12(7-9)18-11-4-2-1-3-10(11)13(15)17/h1-7H,8,14H2,(H2,15,17). The highest BCUT2D eigenvalue weighted by atomic mass is 16.5. The molecule has 0 aliphatic heterocycles. The second-order valence-electron chi connectivity index (χ2n) is 3.67. The predicted molar refractivity (Wildman–Crippen MR) is 67.2 cm³/mol. The molecular weight excluding hydrogens is 230 g/mol. The molecule has 0 bridgehead atoms. The molecule has 2 rings (SSSR count). The molecule has 0 spiro atoms. The van der Waals surface area contributed by atoms with Gasteiger partial charge in [0.25, 0.3) is 5.91 Å². The quantitative estimate of drug-likeness (QED) is 0.849. The van der Waals surface area contributed by atoms with Crippen LogP contribution in [0.1, 0.15) is 15.9 Å². The molecule has 18 heavy (non-hydrogen) atoms.